The van der Waals surface area contributed by atoms with E-state index in [-0.39, 0.29) is 16.6 Å². The van der Waals surface area contributed by atoms with Crippen LogP contribution in [-0.4, -0.2) is 19.0 Å². The Morgan fingerprint density at radius 3 is 2.79 bits per heavy atom. The summed E-state index contributed by atoms with van der Waals surface area (Å²) in [6.45, 7) is 3.21. The van der Waals surface area contributed by atoms with E-state index in [1.54, 1.807) is 0 Å². The Morgan fingerprint density at radius 1 is 1.47 bits per heavy atom. The number of carbonyl (C=O) groups is 1. The molecular weight excluding hydrogens is 274 g/mol. The predicted molar refractivity (Wildman–Crippen MR) is 70.2 cm³/mol. The zero-order valence-electron chi connectivity index (χ0n) is 10.5. The Morgan fingerprint density at radius 2 is 2.21 bits per heavy atom. The molecule has 1 atom stereocenters. The molecule has 3 nitrogen and oxygen atoms in total. The minimum atomic E-state index is -0.870. The molecule has 1 saturated heterocycles. The number of carbonyl (C=O) groups excluding carboxylic acids is 1. The highest BCUT2D eigenvalue weighted by molar-refractivity contribution is 6.33. The Hall–Kier alpha value is -1.20. The van der Waals surface area contributed by atoms with E-state index < -0.39 is 17.0 Å². The quantitative estimate of drug-likeness (QED) is 0.878. The second-order valence-corrected chi connectivity index (χ2v) is 5.45. The molecule has 0 saturated carbocycles. The number of halogens is 3. The Balaban J connectivity index is 2.19. The number of benzene rings is 1. The van der Waals surface area contributed by atoms with Crippen molar-refractivity contribution in [1.82, 2.24) is 5.32 Å². The molecule has 104 valence electrons. The lowest BCUT2D eigenvalue weighted by atomic mass is 9.82. The Labute approximate surface area is 115 Å². The van der Waals surface area contributed by atoms with E-state index in [0.717, 1.165) is 19.0 Å². The summed E-state index contributed by atoms with van der Waals surface area (Å²) >= 11 is 5.75. The largest absolute Gasteiger partial charge is 0.322 e. The van der Waals surface area contributed by atoms with Gasteiger partial charge in [0.25, 0.3) is 0 Å². The number of hydrogen-bond acceptors (Lipinski definition) is 2. The zero-order chi connectivity index (χ0) is 14.0. The number of nitrogens with one attached hydrogen (secondary N) is 2. The van der Waals surface area contributed by atoms with Crippen molar-refractivity contribution in [1.29, 1.82) is 0 Å². The number of anilines is 1. The number of rotatable bonds is 2. The smallest absolute Gasteiger partial charge is 0.231 e. The van der Waals surface area contributed by atoms with Crippen molar-refractivity contribution in [3.05, 3.63) is 28.8 Å². The maximum Gasteiger partial charge on any atom is 0.231 e. The highest BCUT2D eigenvalue weighted by Crippen LogP contribution is 2.31. The van der Waals surface area contributed by atoms with Gasteiger partial charge in [0, 0.05) is 12.6 Å². The Kier molecular flexibility index (Phi) is 4.06. The van der Waals surface area contributed by atoms with Gasteiger partial charge < -0.3 is 10.6 Å². The summed E-state index contributed by atoms with van der Waals surface area (Å²) in [6, 6.07) is 1.67. The van der Waals surface area contributed by atoms with Crippen LogP contribution in [0.3, 0.4) is 0 Å². The standard InChI is InChI=1S/C13H15ClF2N2O/c1-13(3-2-4-17-7-13)12(19)18-11-9(14)5-8(15)6-10(11)16/h5-6,17H,2-4,7H2,1H3,(H,18,19). The van der Waals surface area contributed by atoms with E-state index in [1.165, 1.54) is 0 Å². The second kappa shape index (κ2) is 5.43. The summed E-state index contributed by atoms with van der Waals surface area (Å²) in [5.74, 6) is -1.95. The minimum Gasteiger partial charge on any atom is -0.322 e. The highest BCUT2D eigenvalue weighted by Gasteiger charge is 2.35. The van der Waals surface area contributed by atoms with Crippen molar-refractivity contribution in [2.45, 2.75) is 19.8 Å². The van der Waals surface area contributed by atoms with E-state index in [9.17, 15) is 13.6 Å². The molecule has 1 heterocycles. The van der Waals surface area contributed by atoms with Gasteiger partial charge in [0.15, 0.2) is 5.82 Å². The average molecular weight is 289 g/mol. The van der Waals surface area contributed by atoms with Gasteiger partial charge in [-0.1, -0.05) is 11.6 Å². The molecule has 0 bridgehead atoms. The first kappa shape index (κ1) is 14.2. The first-order valence-corrected chi connectivity index (χ1v) is 6.47. The molecule has 1 aliphatic heterocycles. The fourth-order valence-electron chi connectivity index (χ4n) is 2.18. The monoisotopic (exact) mass is 288 g/mol. The molecule has 1 aromatic rings. The lowest BCUT2D eigenvalue weighted by Crippen LogP contribution is -2.46. The lowest BCUT2D eigenvalue weighted by Gasteiger charge is -2.32. The van der Waals surface area contributed by atoms with Gasteiger partial charge in [-0.05, 0) is 32.4 Å². The van der Waals surface area contributed by atoms with Gasteiger partial charge in [-0.25, -0.2) is 8.78 Å². The molecule has 2 N–H and O–H groups in total. The van der Waals surface area contributed by atoms with Crippen LogP contribution in [0.25, 0.3) is 0 Å². The lowest BCUT2D eigenvalue weighted by molar-refractivity contribution is -0.125. The second-order valence-electron chi connectivity index (χ2n) is 5.04. The molecule has 2 rings (SSSR count). The molecule has 0 radical (unpaired) electrons. The van der Waals surface area contributed by atoms with Gasteiger partial charge in [-0.15, -0.1) is 0 Å². The number of hydrogen-bond donors (Lipinski definition) is 2. The summed E-state index contributed by atoms with van der Waals surface area (Å²) < 4.78 is 26.5. The third-order valence-electron chi connectivity index (χ3n) is 3.39. The van der Waals surface area contributed by atoms with E-state index in [4.69, 9.17) is 11.6 Å². The van der Waals surface area contributed by atoms with Crippen molar-refractivity contribution in [2.24, 2.45) is 5.41 Å². The van der Waals surface area contributed by atoms with Crippen molar-refractivity contribution >= 4 is 23.2 Å². The fraction of sp³-hybridized carbons (Fsp3) is 0.462. The first-order chi connectivity index (χ1) is 8.92. The van der Waals surface area contributed by atoms with Crippen LogP contribution in [0.2, 0.25) is 5.02 Å². The average Bonchev–Trinajstić information content (AvgIpc) is 2.34. The molecule has 6 heteroatoms. The van der Waals surface area contributed by atoms with Crippen LogP contribution < -0.4 is 10.6 Å². The van der Waals surface area contributed by atoms with Gasteiger partial charge in [0.2, 0.25) is 5.91 Å². The third kappa shape index (κ3) is 3.04. The fourth-order valence-corrected chi connectivity index (χ4v) is 2.42. The Bertz CT molecular complexity index is 478. The van der Waals surface area contributed by atoms with E-state index >= 15 is 0 Å². The van der Waals surface area contributed by atoms with Crippen LogP contribution >= 0.6 is 11.6 Å². The van der Waals surface area contributed by atoms with Crippen LogP contribution in [0.1, 0.15) is 19.8 Å². The molecule has 1 unspecified atom stereocenters. The van der Waals surface area contributed by atoms with Crippen molar-refractivity contribution in [2.75, 3.05) is 18.4 Å². The molecule has 19 heavy (non-hydrogen) atoms. The van der Waals surface area contributed by atoms with Crippen molar-refractivity contribution in [3.63, 3.8) is 0 Å². The molecular formula is C13H15ClF2N2O. The maximum atomic E-state index is 13.6. The van der Waals surface area contributed by atoms with Crippen LogP contribution in [0.15, 0.2) is 12.1 Å². The van der Waals surface area contributed by atoms with Crippen LogP contribution in [-0.2, 0) is 4.79 Å². The van der Waals surface area contributed by atoms with Gasteiger partial charge in [0.05, 0.1) is 16.1 Å². The van der Waals surface area contributed by atoms with Gasteiger partial charge in [-0.2, -0.15) is 0 Å². The molecule has 1 fully saturated rings. The van der Waals surface area contributed by atoms with Gasteiger partial charge in [0.1, 0.15) is 5.82 Å². The molecule has 1 aliphatic rings. The van der Waals surface area contributed by atoms with E-state index in [0.29, 0.717) is 19.0 Å². The topological polar surface area (TPSA) is 41.1 Å². The predicted octanol–water partition coefficient (Wildman–Crippen LogP) is 2.95. The highest BCUT2D eigenvalue weighted by atomic mass is 35.5. The summed E-state index contributed by atoms with van der Waals surface area (Å²) in [4.78, 5) is 12.2. The number of piperidine rings is 1. The summed E-state index contributed by atoms with van der Waals surface area (Å²) in [5, 5.41) is 5.46. The van der Waals surface area contributed by atoms with Crippen molar-refractivity contribution in [3.8, 4) is 0 Å². The van der Waals surface area contributed by atoms with Gasteiger partial charge >= 0.3 is 0 Å². The summed E-state index contributed by atoms with van der Waals surface area (Å²) in [6.07, 6.45) is 1.59. The molecule has 0 spiro atoms. The number of amides is 1. The van der Waals surface area contributed by atoms with Crippen LogP contribution in [0.5, 0.6) is 0 Å². The summed E-state index contributed by atoms with van der Waals surface area (Å²) in [5.41, 5.74) is -0.776. The van der Waals surface area contributed by atoms with Gasteiger partial charge in [-0.3, -0.25) is 4.79 Å². The van der Waals surface area contributed by atoms with Crippen LogP contribution in [0, 0.1) is 17.0 Å². The molecule has 1 aromatic carbocycles. The SMILES string of the molecule is CC1(C(=O)Nc2c(F)cc(F)cc2Cl)CCCNC1. The van der Waals surface area contributed by atoms with Crippen LogP contribution in [0.4, 0.5) is 14.5 Å². The van der Waals surface area contributed by atoms with Crippen molar-refractivity contribution < 1.29 is 13.6 Å². The normalized spacial score (nSPS) is 23.2. The molecule has 0 aromatic heterocycles. The first-order valence-electron chi connectivity index (χ1n) is 6.09. The molecule has 0 aliphatic carbocycles. The summed E-state index contributed by atoms with van der Waals surface area (Å²) in [7, 11) is 0. The van der Waals surface area contributed by atoms with E-state index in [1.807, 2.05) is 6.92 Å². The third-order valence-corrected chi connectivity index (χ3v) is 3.69. The molecule has 1 amide bonds. The van der Waals surface area contributed by atoms with E-state index in [2.05, 4.69) is 10.6 Å². The maximum absolute atomic E-state index is 13.6. The minimum absolute atomic E-state index is 0.141. The zero-order valence-corrected chi connectivity index (χ0v) is 11.3.